The number of pyridine rings is 3. The number of aliphatic carboxylic acids is 2. The van der Waals surface area contributed by atoms with Crippen LogP contribution in [0.15, 0.2) is 374 Å². The number of hydrogen-bond donors (Lipinski definition) is 5. The van der Waals surface area contributed by atoms with Gasteiger partial charge >= 0.3 is 0 Å². The van der Waals surface area contributed by atoms with Gasteiger partial charge in [0.05, 0.1) is 59.4 Å². The summed E-state index contributed by atoms with van der Waals surface area (Å²) in [7, 11) is 0. The van der Waals surface area contributed by atoms with Crippen molar-refractivity contribution in [2.75, 3.05) is 11.1 Å². The number of hydrogen-bond acceptors (Lipinski definition) is 8. The number of aromatic nitrogens is 7. The Bertz CT molecular complexity index is 6710. The number of anilines is 3. The minimum absolute atomic E-state index is 0. The smallest absolute Gasteiger partial charge is 0.300 e. The van der Waals surface area contributed by atoms with Crippen molar-refractivity contribution in [3.05, 3.63) is 405 Å². The third kappa shape index (κ3) is 22.2. The first-order chi connectivity index (χ1) is 57.9. The van der Waals surface area contributed by atoms with Gasteiger partial charge in [-0.2, -0.15) is 5.26 Å². The molecule has 20 aromatic rings. The van der Waals surface area contributed by atoms with Gasteiger partial charge in [-0.3, -0.25) is 24.5 Å². The molecule has 120 heavy (non-hydrogen) atoms. The number of nitrogen functional groups attached to an aromatic ring is 1. The number of benzene rings is 13. The Kier molecular flexibility index (Phi) is 31.5. The zero-order valence-electron chi connectivity index (χ0n) is 64.4. The summed E-state index contributed by atoms with van der Waals surface area (Å²) in [5.74, 6) is -1.67. The Morgan fingerprint density at radius 2 is 0.725 bits per heavy atom. The van der Waals surface area contributed by atoms with E-state index >= 15 is 0 Å². The molecule has 0 radical (unpaired) electrons. The molecule has 0 aliphatic heterocycles. The predicted molar refractivity (Wildman–Crippen MR) is 531 cm³/mol. The molecule has 0 fully saturated rings. The van der Waals surface area contributed by atoms with E-state index in [1.807, 2.05) is 48.8 Å². The van der Waals surface area contributed by atoms with Gasteiger partial charge in [0.25, 0.3) is 11.9 Å². The molecule has 0 unspecified atom stereocenters. The van der Waals surface area contributed by atoms with E-state index in [2.05, 4.69) is 452 Å². The Labute approximate surface area is 779 Å². The van der Waals surface area contributed by atoms with Crippen molar-refractivity contribution in [3.8, 4) is 34.3 Å². The van der Waals surface area contributed by atoms with Crippen LogP contribution in [-0.4, -0.2) is 55.8 Å². The fourth-order valence-electron chi connectivity index (χ4n) is 13.8. The molecule has 0 atom stereocenters. The molecule has 14 nitrogen and oxygen atoms in total. The molecule has 0 bridgehead atoms. The van der Waals surface area contributed by atoms with E-state index in [0.29, 0.717) is 0 Å². The summed E-state index contributed by atoms with van der Waals surface area (Å²) < 4.78 is 13.8. The van der Waals surface area contributed by atoms with Crippen LogP contribution in [-0.2, 0) is 36.4 Å². The van der Waals surface area contributed by atoms with Gasteiger partial charge in [-0.15, -0.1) is 0 Å². The molecule has 0 saturated heterocycles. The van der Waals surface area contributed by atoms with E-state index in [1.54, 1.807) is 30.9 Å². The number of nitrogens with zero attached hydrogens (tertiary/aromatic N) is 7. The van der Waals surface area contributed by atoms with Gasteiger partial charge in [-0.1, -0.05) is 158 Å². The van der Waals surface area contributed by atoms with Gasteiger partial charge in [0.2, 0.25) is 0 Å². The molecule has 0 spiro atoms. The minimum Gasteiger partial charge on any atom is -0.481 e. The number of carboxylic acid groups (broad SMARTS) is 2. The minimum atomic E-state index is -0.833. The zero-order valence-corrected chi connectivity index (χ0v) is 77.7. The van der Waals surface area contributed by atoms with Crippen LogP contribution in [0.1, 0.15) is 30.5 Å². The van der Waals surface area contributed by atoms with Crippen LogP contribution >= 0.6 is 122 Å². The Morgan fingerprint density at radius 3 is 1.12 bits per heavy atom. The molecular formula is C99H74Br2I4N10O4Pd. The quantitative estimate of drug-likeness (QED) is 0.0814. The van der Waals surface area contributed by atoms with E-state index in [0.717, 1.165) is 77.5 Å². The number of fused-ring (bicyclic) bond motifs is 15. The van der Waals surface area contributed by atoms with Crippen LogP contribution in [0.4, 0.5) is 17.1 Å². The Balaban J connectivity index is 0.000000132. The topological polar surface area (TPSA) is 206 Å². The number of aromatic amines is 1. The maximum atomic E-state index is 9.00. The van der Waals surface area contributed by atoms with Crippen molar-refractivity contribution in [3.63, 3.8) is 0 Å². The van der Waals surface area contributed by atoms with E-state index in [9.17, 15) is 0 Å². The van der Waals surface area contributed by atoms with Crippen molar-refractivity contribution in [1.29, 1.82) is 5.26 Å². The number of nitriles is 1. The number of carboxylic acids is 2. The van der Waals surface area contributed by atoms with Gasteiger partial charge in [0.15, 0.2) is 0 Å². The van der Waals surface area contributed by atoms with Crippen molar-refractivity contribution in [2.45, 2.75) is 20.3 Å². The molecular weight excluding hydrogens is 2170 g/mol. The van der Waals surface area contributed by atoms with E-state index in [4.69, 9.17) is 30.8 Å². The SMILES string of the molecule is Brc1cnccc1Nc1ccc(-n2c3ccccc3c3ccccc32)cc1.CC(=O)O.CC(=O)O.Ic1ccc(-n2c3ccccc3c3ccccc32)cc1.Ic1ccc(I)cc1.N#Cc1ccc(I)cc1.Nc1ccncc1Br.[Pd].c1ccc2c(c1)Cc1ccccc1-2.c1ccc2c(c1)c1ccccc1n2-c1ccc2[nH]c3ccncc3c2c1. The van der Waals surface area contributed by atoms with Crippen LogP contribution in [0.25, 0.3) is 115 Å². The largest absolute Gasteiger partial charge is 0.481 e. The van der Waals surface area contributed by atoms with Gasteiger partial charge in [0.1, 0.15) is 0 Å². The van der Waals surface area contributed by atoms with Gasteiger partial charge < -0.3 is 39.9 Å². The second-order valence-electron chi connectivity index (χ2n) is 26.9. The second kappa shape index (κ2) is 42.8. The number of rotatable bonds is 5. The first-order valence-electron chi connectivity index (χ1n) is 37.4. The average Bonchev–Trinajstić information content (AvgIpc) is 1.61. The van der Waals surface area contributed by atoms with Gasteiger partial charge in [-0.25, -0.2) is 0 Å². The average molecular weight is 2240 g/mol. The number of nitrogens with one attached hydrogen (secondary N) is 2. The van der Waals surface area contributed by atoms with E-state index < -0.39 is 11.9 Å². The first-order valence-corrected chi connectivity index (χ1v) is 43.3. The van der Waals surface area contributed by atoms with Crippen molar-refractivity contribution < 1.29 is 40.2 Å². The summed E-state index contributed by atoms with van der Waals surface area (Å²) in [6.45, 7) is 2.17. The summed E-state index contributed by atoms with van der Waals surface area (Å²) in [6.07, 6.45) is 11.7. The Hall–Kier alpha value is -10.9. The molecule has 0 saturated carbocycles. The third-order valence-electron chi connectivity index (χ3n) is 18.9. The molecule has 21 heteroatoms. The molecule has 7 aromatic heterocycles. The number of carbonyl (C=O) groups is 2. The summed E-state index contributed by atoms with van der Waals surface area (Å²) in [5, 5.41) is 36.7. The van der Waals surface area contributed by atoms with Crippen molar-refractivity contribution in [2.24, 2.45) is 0 Å². The molecule has 7 heterocycles. The summed E-state index contributed by atoms with van der Waals surface area (Å²) >= 11 is 15.9. The molecule has 13 aromatic carbocycles. The van der Waals surface area contributed by atoms with Crippen molar-refractivity contribution in [1.82, 2.24) is 33.6 Å². The number of para-hydroxylation sites is 6. The summed E-state index contributed by atoms with van der Waals surface area (Å²) in [5.41, 5.74) is 27.8. The predicted octanol–water partition coefficient (Wildman–Crippen LogP) is 27.8. The van der Waals surface area contributed by atoms with Gasteiger partial charge in [0, 0.05) is 168 Å². The first kappa shape index (κ1) is 88.4. The number of H-pyrrole nitrogens is 1. The third-order valence-corrected chi connectivity index (χ3v) is 23.1. The van der Waals surface area contributed by atoms with Crippen molar-refractivity contribution >= 4 is 238 Å². The summed E-state index contributed by atoms with van der Waals surface area (Å²) in [6, 6.07) is 116. The monoisotopic (exact) mass is 2240 g/mol. The van der Waals surface area contributed by atoms with E-state index in [-0.39, 0.29) is 20.4 Å². The van der Waals surface area contributed by atoms with Crippen LogP contribution in [0.5, 0.6) is 0 Å². The fourth-order valence-corrected chi connectivity index (χ4v) is 15.8. The van der Waals surface area contributed by atoms with Gasteiger partial charge in [-0.05, 0) is 321 Å². The Morgan fingerprint density at radius 1 is 0.400 bits per heavy atom. The van der Waals surface area contributed by atoms with Crippen LogP contribution in [0.2, 0.25) is 0 Å². The van der Waals surface area contributed by atoms with Crippen LogP contribution < -0.4 is 11.1 Å². The maximum absolute atomic E-state index is 9.00. The normalized spacial score (nSPS) is 10.6. The number of halogens is 6. The zero-order chi connectivity index (χ0) is 83.3. The number of nitrogens with two attached hydrogens (primary N) is 1. The van der Waals surface area contributed by atoms with Crippen LogP contribution in [0, 0.1) is 25.6 Å². The molecule has 6 N–H and O–H groups in total. The second-order valence-corrected chi connectivity index (χ2v) is 33.6. The molecule has 1 aliphatic rings. The molecule has 0 amide bonds. The maximum Gasteiger partial charge on any atom is 0.300 e. The van der Waals surface area contributed by atoms with Crippen LogP contribution in [0.3, 0.4) is 0 Å². The standard InChI is InChI=1S/C23H16BrN3.C23H15N3.C18H12IN.C13H10.C7H4IN.C6H4I2.C5H5BrN2.2C2H4O2.Pd/c24-20-15-25-14-13-21(20)26-16-9-11-17(12-10-16)27-22-7-3-1-5-18(22)19-6-2-4-8-23(19)27;1-3-7-22-16(5-1)17-6-2-4-8-23(17)26(22)15-9-10-20-18(13-15)19-14-24-12-11-21(19)25-20;19-13-9-11-14(12-10-13)20-17-7-3-1-5-15(17)16-6-2-4-8-18(16)20;1-3-7-12-10(5-1)9-11-6-2-4-8-13(11)12;8-7-3-1-6(5-9)2-4-7;7-5-1-2-6(8)4-3-5;6-4-3-8-2-1-5(4)7;2*1-2(3)4;/h1-15H,(H,25,26);1-14,25H;1-12H;1-8H,9H2;1-4H;1-4H;1-3H,(H2,7,8);2*1H3,(H,3,4);. The van der Waals surface area contributed by atoms with E-state index in [1.165, 1.54) is 115 Å². The molecule has 596 valence electrons. The summed E-state index contributed by atoms with van der Waals surface area (Å²) in [4.78, 5) is 33.7. The molecule has 21 rings (SSSR count). The molecule has 1 aliphatic carbocycles. The fraction of sp³-hybridized carbons (Fsp3) is 0.0303.